The topological polar surface area (TPSA) is 54.1 Å². The fraction of sp³-hybridized carbons (Fsp3) is 0.0870. The Hall–Kier alpha value is -5.64. The van der Waals surface area contributed by atoms with Crippen LogP contribution in [0.15, 0.2) is 122 Å². The molecular formula is C46H32N4O2Pt2-6. The van der Waals surface area contributed by atoms with E-state index >= 15 is 0 Å². The van der Waals surface area contributed by atoms with Crippen LogP contribution in [0.1, 0.15) is 22.3 Å². The van der Waals surface area contributed by atoms with Crippen molar-refractivity contribution in [3.63, 3.8) is 0 Å². The molecule has 8 aromatic rings. The normalized spacial score (nSPS) is 9.89. The number of aromatic nitrogens is 4. The van der Waals surface area contributed by atoms with Crippen molar-refractivity contribution in [3.8, 4) is 46.5 Å². The van der Waals surface area contributed by atoms with Crippen LogP contribution in [0.25, 0.3) is 32.7 Å². The predicted molar refractivity (Wildman–Crippen MR) is 204 cm³/mol. The van der Waals surface area contributed by atoms with Crippen molar-refractivity contribution in [2.75, 3.05) is 0 Å². The fourth-order valence-electron chi connectivity index (χ4n) is 5.16. The number of hydrogen-bond acceptors (Lipinski definition) is 4. The zero-order chi connectivity index (χ0) is 36.5. The summed E-state index contributed by atoms with van der Waals surface area (Å²) in [6.07, 6.45) is 23.6. The van der Waals surface area contributed by atoms with E-state index < -0.39 is 0 Å². The molecule has 8 heteroatoms. The van der Waals surface area contributed by atoms with E-state index in [0.717, 1.165) is 21.5 Å². The molecule has 54 heavy (non-hydrogen) atoms. The van der Waals surface area contributed by atoms with Gasteiger partial charge in [0.25, 0.3) is 0 Å². The summed E-state index contributed by atoms with van der Waals surface area (Å²) in [5.41, 5.74) is 6.03. The minimum atomic E-state index is 0. The maximum Gasteiger partial charge on any atom is 0.216 e. The molecule has 0 amide bonds. The molecule has 0 N–H and O–H groups in total. The van der Waals surface area contributed by atoms with Gasteiger partial charge in [-0.2, -0.15) is 6.07 Å². The summed E-state index contributed by atoms with van der Waals surface area (Å²) in [5.74, 6) is 2.14. The Bertz CT molecular complexity index is 2340. The Kier molecular flexibility index (Phi) is 14.8. The molecule has 0 unspecified atom stereocenters. The van der Waals surface area contributed by atoms with Crippen LogP contribution in [-0.4, -0.2) is 19.1 Å². The van der Waals surface area contributed by atoms with Crippen LogP contribution in [0.5, 0.6) is 23.3 Å². The monoisotopic (exact) mass is 1060 g/mol. The number of fused-ring (bicyclic) bond motifs is 2. The van der Waals surface area contributed by atoms with E-state index in [1.807, 2.05) is 60.7 Å². The molecule has 4 aromatic carbocycles. The molecule has 8 rings (SSSR count). The van der Waals surface area contributed by atoms with Crippen LogP contribution in [0.2, 0.25) is 0 Å². The Morgan fingerprint density at radius 1 is 0.519 bits per heavy atom. The number of nitrogens with zero attached hydrogens (tertiary/aromatic N) is 4. The summed E-state index contributed by atoms with van der Waals surface area (Å²) in [6, 6.07) is 45.3. The molecule has 0 aliphatic carbocycles. The van der Waals surface area contributed by atoms with E-state index in [1.54, 1.807) is 46.3 Å². The molecule has 4 aromatic heterocycles. The summed E-state index contributed by atoms with van der Waals surface area (Å²) >= 11 is 0. The molecular weight excluding hydrogens is 1030 g/mol. The van der Waals surface area contributed by atoms with E-state index in [2.05, 4.69) is 98.3 Å². The molecule has 0 fully saturated rings. The molecule has 4 heterocycles. The van der Waals surface area contributed by atoms with Crippen molar-refractivity contribution in [1.29, 1.82) is 0 Å². The van der Waals surface area contributed by atoms with E-state index in [0.29, 0.717) is 34.4 Å². The average molecular weight is 1060 g/mol. The van der Waals surface area contributed by atoms with Gasteiger partial charge in [0.15, 0.2) is 0 Å². The number of rotatable bonds is 5. The largest absolute Gasteiger partial charge is 0.669 e. The van der Waals surface area contributed by atoms with Crippen LogP contribution in [0, 0.1) is 76.9 Å². The van der Waals surface area contributed by atoms with Gasteiger partial charge in [-0.15, -0.1) is 28.5 Å². The van der Waals surface area contributed by atoms with Crippen LogP contribution < -0.4 is 9.47 Å². The van der Waals surface area contributed by atoms with Crippen LogP contribution >= 0.6 is 0 Å². The summed E-state index contributed by atoms with van der Waals surface area (Å²) < 4.78 is 15.6. The fourth-order valence-corrected chi connectivity index (χ4v) is 5.16. The first kappa shape index (κ1) is 41.1. The van der Waals surface area contributed by atoms with E-state index in [9.17, 15) is 0 Å². The van der Waals surface area contributed by atoms with Crippen molar-refractivity contribution in [3.05, 3.63) is 181 Å². The van der Waals surface area contributed by atoms with E-state index in [-0.39, 0.29) is 42.1 Å². The molecule has 0 bridgehead atoms. The Morgan fingerprint density at radius 2 is 0.889 bits per heavy atom. The maximum atomic E-state index is 6.57. The second-order valence-electron chi connectivity index (χ2n) is 11.8. The molecule has 0 spiro atoms. The molecule has 274 valence electrons. The van der Waals surface area contributed by atoms with Crippen LogP contribution in [-0.2, 0) is 42.1 Å². The number of benzene rings is 4. The third-order valence-corrected chi connectivity index (χ3v) is 8.16. The first-order valence-electron chi connectivity index (χ1n) is 16.4. The van der Waals surface area contributed by atoms with Crippen LogP contribution in [0.4, 0.5) is 0 Å². The predicted octanol–water partition coefficient (Wildman–Crippen LogP) is 10.2. The third kappa shape index (κ3) is 10.3. The van der Waals surface area contributed by atoms with Gasteiger partial charge >= 0.3 is 0 Å². The molecule has 0 atom stereocenters. The van der Waals surface area contributed by atoms with Gasteiger partial charge in [-0.1, -0.05) is 41.8 Å². The summed E-state index contributed by atoms with van der Waals surface area (Å²) in [5, 5.41) is 3.67. The number of aryl methyl sites for hydroxylation is 4. The minimum absolute atomic E-state index is 0. The zero-order valence-electron chi connectivity index (χ0n) is 29.8. The van der Waals surface area contributed by atoms with Gasteiger partial charge in [0.05, 0.1) is 0 Å². The first-order chi connectivity index (χ1) is 25.3. The third-order valence-electron chi connectivity index (χ3n) is 8.16. The maximum absolute atomic E-state index is 6.57. The molecule has 0 saturated heterocycles. The van der Waals surface area contributed by atoms with Gasteiger partial charge in [0.2, 0.25) is 11.8 Å². The number of ether oxygens (including phenoxy) is 2. The average Bonchev–Trinajstić information content (AvgIpc) is 3.90. The summed E-state index contributed by atoms with van der Waals surface area (Å²) in [6.45, 7) is 8.36. The molecule has 0 aliphatic rings. The van der Waals surface area contributed by atoms with Crippen molar-refractivity contribution < 1.29 is 51.6 Å². The number of pyridine rings is 2. The first-order valence-corrected chi connectivity index (χ1v) is 16.4. The van der Waals surface area contributed by atoms with E-state index in [1.165, 1.54) is 22.3 Å². The molecule has 0 radical (unpaired) electrons. The number of hydrogen-bond donors (Lipinski definition) is 0. The Labute approximate surface area is 345 Å². The van der Waals surface area contributed by atoms with Gasteiger partial charge in [0, 0.05) is 91.4 Å². The van der Waals surface area contributed by atoms with Crippen molar-refractivity contribution >= 4 is 21.5 Å². The van der Waals surface area contributed by atoms with E-state index in [4.69, 9.17) is 22.3 Å². The second-order valence-corrected chi connectivity index (χ2v) is 11.8. The second kappa shape index (κ2) is 19.4. The molecule has 0 aliphatic heterocycles. The standard InChI is InChI=1S/C34H24N2O2.2C6H4N.2Pt/c1-21-13-27-17-25(19-31(29(27)15-23(21)3)37-33-9-5-7-11-35-33)26-18-28-14-22(2)24(4)16-30(28)32(20-26)38-34-10-6-8-12-36-34;2*1-2-7-5-3-4-6-7;;/h5-16H,1-4H3;2*3-6H;;/q-4;2*-1;;. The van der Waals surface area contributed by atoms with Crippen molar-refractivity contribution in [1.82, 2.24) is 19.1 Å². The minimum Gasteiger partial charge on any atom is -0.669 e. The zero-order valence-corrected chi connectivity index (χ0v) is 34.3. The summed E-state index contributed by atoms with van der Waals surface area (Å²) in [4.78, 5) is 8.70. The van der Waals surface area contributed by atoms with Crippen LogP contribution in [0.3, 0.4) is 0 Å². The SMILES string of the molecule is Cc1cc2[c-]c(-c3[c-]c(Oc4ccccn4)c4cc(C)c(C)cc4[c-]3)[c-]c(Oc3ccccn3)c2cc1C.[C-]#Cn1cccc1.[C-]#Cn1cccc1.[Pt].[Pt]. The van der Waals surface area contributed by atoms with Gasteiger partial charge in [-0.25, -0.2) is 32.8 Å². The smallest absolute Gasteiger partial charge is 0.216 e. The van der Waals surface area contributed by atoms with Gasteiger partial charge in [-0.05, 0) is 68.7 Å². The van der Waals surface area contributed by atoms with Gasteiger partial charge < -0.3 is 60.8 Å². The quantitative estimate of drug-likeness (QED) is 0.127. The Morgan fingerprint density at radius 3 is 1.20 bits per heavy atom. The summed E-state index contributed by atoms with van der Waals surface area (Å²) in [7, 11) is 0. The molecule has 0 saturated carbocycles. The van der Waals surface area contributed by atoms with Crippen molar-refractivity contribution in [2.24, 2.45) is 0 Å². The van der Waals surface area contributed by atoms with Gasteiger partial charge in [-0.3, -0.25) is 6.07 Å². The van der Waals surface area contributed by atoms with Gasteiger partial charge in [0.1, 0.15) is 0 Å². The van der Waals surface area contributed by atoms with Crippen molar-refractivity contribution in [2.45, 2.75) is 27.7 Å². The Balaban J connectivity index is 0.000000340. The molecule has 6 nitrogen and oxygen atoms in total.